The van der Waals surface area contributed by atoms with Crippen LogP contribution in [0, 0.1) is 0 Å². The normalized spacial score (nSPS) is 10.8. The van der Waals surface area contributed by atoms with Crippen LogP contribution in [0.2, 0.25) is 0 Å². The Hall–Kier alpha value is -6.04. The number of methoxy groups -OCH3 is 6. The fourth-order valence-electron chi connectivity index (χ4n) is 5.54. The number of Topliss-reactive ketones (excluding diaryl/α,β-unsaturated/α-hetero) is 1. The topological polar surface area (TPSA) is 124 Å². The number of benzene rings is 2. The molecule has 254 valence electrons. The van der Waals surface area contributed by atoms with Gasteiger partial charge in [-0.25, -0.2) is 4.79 Å². The van der Waals surface area contributed by atoms with Gasteiger partial charge in [0, 0.05) is 29.5 Å². The highest BCUT2D eigenvalue weighted by molar-refractivity contribution is 6.12. The summed E-state index contributed by atoms with van der Waals surface area (Å²) in [7, 11) is 8.91. The van der Waals surface area contributed by atoms with E-state index in [4.69, 9.17) is 33.2 Å². The molecular weight excluding hydrogens is 632 g/mol. The maximum Gasteiger partial charge on any atom is 0.340 e. The van der Waals surface area contributed by atoms with Gasteiger partial charge in [0.2, 0.25) is 29.6 Å². The van der Waals surface area contributed by atoms with E-state index in [-0.39, 0.29) is 41.5 Å². The second-order valence-electron chi connectivity index (χ2n) is 10.7. The fraction of sp³-hybridized carbons (Fsp3) is 0.243. The Balaban J connectivity index is 1.48. The highest BCUT2D eigenvalue weighted by atomic mass is 16.5. The molecule has 0 fully saturated rings. The van der Waals surface area contributed by atoms with Crippen LogP contribution in [-0.2, 0) is 11.3 Å². The molecule has 0 aliphatic heterocycles. The van der Waals surface area contributed by atoms with Crippen molar-refractivity contribution in [3.8, 4) is 45.6 Å². The van der Waals surface area contributed by atoms with Crippen molar-refractivity contribution in [1.29, 1.82) is 0 Å². The number of rotatable bonds is 14. The van der Waals surface area contributed by atoms with E-state index < -0.39 is 5.97 Å². The van der Waals surface area contributed by atoms with Gasteiger partial charge >= 0.3 is 5.97 Å². The second-order valence-corrected chi connectivity index (χ2v) is 10.7. The van der Waals surface area contributed by atoms with E-state index in [0.29, 0.717) is 45.6 Å². The molecule has 0 saturated heterocycles. The zero-order valence-electron chi connectivity index (χ0n) is 28.3. The summed E-state index contributed by atoms with van der Waals surface area (Å²) in [6.45, 7) is 1.95. The van der Waals surface area contributed by atoms with Crippen LogP contribution in [0.25, 0.3) is 16.6 Å². The number of pyridine rings is 2. The van der Waals surface area contributed by atoms with Gasteiger partial charge in [-0.15, -0.1) is 0 Å². The maximum absolute atomic E-state index is 13.9. The summed E-state index contributed by atoms with van der Waals surface area (Å²) in [5.41, 5.74) is 3.27. The highest BCUT2D eigenvalue weighted by Crippen LogP contribution is 2.40. The summed E-state index contributed by atoms with van der Waals surface area (Å²) in [4.78, 5) is 40.2. The molecule has 2 aromatic carbocycles. The van der Waals surface area contributed by atoms with E-state index in [1.165, 1.54) is 48.7 Å². The number of fused-ring (bicyclic) bond motifs is 1. The third kappa shape index (κ3) is 6.71. The molecule has 0 N–H and O–H groups in total. The van der Waals surface area contributed by atoms with Crippen molar-refractivity contribution in [1.82, 2.24) is 4.40 Å². The SMILES string of the molecule is CCOC(=O)c1cc(C(=O)c2cc(OC)c(OC)c(OC)c2)n2ccc(-c3cc[n+](CC(=O)c4cc(OC)c(OC)c(OC)c4)cc3)cc12. The minimum Gasteiger partial charge on any atom is -0.493 e. The number of carbonyl (C=O) groups excluding carboxylic acids is 3. The van der Waals surface area contributed by atoms with Gasteiger partial charge in [0.05, 0.1) is 66.0 Å². The molecule has 0 radical (unpaired) electrons. The molecule has 0 aliphatic rings. The van der Waals surface area contributed by atoms with Gasteiger partial charge in [0.15, 0.2) is 35.4 Å². The summed E-state index contributed by atoms with van der Waals surface area (Å²) in [5, 5.41) is 0. The number of hydrogen-bond acceptors (Lipinski definition) is 10. The minimum absolute atomic E-state index is 0.0655. The Bertz CT molecular complexity index is 1980. The van der Waals surface area contributed by atoms with Gasteiger partial charge in [0.25, 0.3) is 0 Å². The zero-order chi connectivity index (χ0) is 35.2. The monoisotopic (exact) mass is 669 g/mol. The summed E-state index contributed by atoms with van der Waals surface area (Å²) in [6.07, 6.45) is 5.31. The average molecular weight is 670 g/mol. The van der Waals surface area contributed by atoms with Crippen LogP contribution < -0.4 is 33.0 Å². The van der Waals surface area contributed by atoms with Gasteiger partial charge < -0.3 is 37.6 Å². The number of esters is 1. The Labute approximate surface area is 283 Å². The van der Waals surface area contributed by atoms with Gasteiger partial charge in [-0.1, -0.05) is 0 Å². The summed E-state index contributed by atoms with van der Waals surface area (Å²) in [6, 6.07) is 15.3. The van der Waals surface area contributed by atoms with Crippen molar-refractivity contribution in [3.63, 3.8) is 0 Å². The lowest BCUT2D eigenvalue weighted by Gasteiger charge is -2.13. The first kappa shape index (κ1) is 34.3. The maximum atomic E-state index is 13.9. The molecular formula is C37H37N2O10+. The molecule has 0 amide bonds. The minimum atomic E-state index is -0.558. The van der Waals surface area contributed by atoms with E-state index in [9.17, 15) is 14.4 Å². The molecule has 3 heterocycles. The van der Waals surface area contributed by atoms with Crippen molar-refractivity contribution in [2.75, 3.05) is 49.3 Å². The lowest BCUT2D eigenvalue weighted by molar-refractivity contribution is -0.683. The number of ketones is 2. The largest absolute Gasteiger partial charge is 0.493 e. The van der Waals surface area contributed by atoms with Crippen LogP contribution in [0.1, 0.15) is 43.7 Å². The van der Waals surface area contributed by atoms with Gasteiger partial charge in [0.1, 0.15) is 0 Å². The van der Waals surface area contributed by atoms with Crippen molar-refractivity contribution in [3.05, 3.63) is 95.6 Å². The van der Waals surface area contributed by atoms with Crippen LogP contribution >= 0.6 is 0 Å². The second kappa shape index (κ2) is 14.8. The Morgan fingerprint density at radius 1 is 0.653 bits per heavy atom. The van der Waals surface area contributed by atoms with Gasteiger partial charge in [-0.05, 0) is 60.5 Å². The predicted octanol–water partition coefficient (Wildman–Crippen LogP) is 5.24. The van der Waals surface area contributed by atoms with E-state index in [0.717, 1.165) is 11.1 Å². The van der Waals surface area contributed by atoms with Crippen LogP contribution in [-0.4, -0.2) is 71.2 Å². The summed E-state index contributed by atoms with van der Waals surface area (Å²) in [5.74, 6) is 1.11. The smallest absolute Gasteiger partial charge is 0.340 e. The van der Waals surface area contributed by atoms with Crippen molar-refractivity contribution >= 4 is 23.1 Å². The van der Waals surface area contributed by atoms with Crippen molar-refractivity contribution < 1.29 is 52.1 Å². The van der Waals surface area contributed by atoms with Crippen molar-refractivity contribution in [2.45, 2.75) is 13.5 Å². The van der Waals surface area contributed by atoms with Gasteiger partial charge in [-0.2, -0.15) is 4.57 Å². The number of ether oxygens (including phenoxy) is 7. The Morgan fingerprint density at radius 2 is 1.18 bits per heavy atom. The first-order valence-electron chi connectivity index (χ1n) is 15.2. The predicted molar refractivity (Wildman–Crippen MR) is 179 cm³/mol. The number of carbonyl (C=O) groups is 3. The van der Waals surface area contributed by atoms with Crippen molar-refractivity contribution in [2.24, 2.45) is 0 Å². The van der Waals surface area contributed by atoms with Crippen LogP contribution in [0.5, 0.6) is 34.5 Å². The van der Waals surface area contributed by atoms with E-state index >= 15 is 0 Å². The molecule has 0 aliphatic carbocycles. The molecule has 5 aromatic rings. The number of nitrogens with zero attached hydrogens (tertiary/aromatic N) is 2. The van der Waals surface area contributed by atoms with Gasteiger partial charge in [-0.3, -0.25) is 9.59 Å². The summed E-state index contributed by atoms with van der Waals surface area (Å²) >= 11 is 0. The van der Waals surface area contributed by atoms with E-state index in [2.05, 4.69) is 0 Å². The molecule has 49 heavy (non-hydrogen) atoms. The standard InChI is InChI=1S/C37H37N2O10/c1-8-49-37(42)26-20-28(34(41)25-18-32(45-4)36(48-7)33(19-25)46-5)39-14-11-23(15-27(26)39)22-9-12-38(13-10-22)21-29(40)24-16-30(43-2)35(47-6)31(17-24)44-3/h9-20H,8,21H2,1-7H3/q+1. The molecule has 5 rings (SSSR count). The molecule has 3 aromatic heterocycles. The lowest BCUT2D eigenvalue weighted by Crippen LogP contribution is -2.37. The Kier molecular flexibility index (Phi) is 10.4. The summed E-state index contributed by atoms with van der Waals surface area (Å²) < 4.78 is 41.2. The molecule has 0 atom stereocenters. The zero-order valence-corrected chi connectivity index (χ0v) is 28.3. The third-order valence-electron chi connectivity index (χ3n) is 7.96. The van der Waals surface area contributed by atoms with E-state index in [1.54, 1.807) is 58.7 Å². The van der Waals surface area contributed by atoms with E-state index in [1.807, 2.05) is 24.3 Å². The number of hydrogen-bond donors (Lipinski definition) is 0. The Morgan fingerprint density at radius 3 is 1.67 bits per heavy atom. The number of aromatic nitrogens is 2. The first-order chi connectivity index (χ1) is 23.7. The molecule has 0 saturated carbocycles. The average Bonchev–Trinajstić information content (AvgIpc) is 3.52. The van der Waals surface area contributed by atoms with Crippen LogP contribution in [0.15, 0.2) is 73.2 Å². The molecule has 12 nitrogen and oxygen atoms in total. The quantitative estimate of drug-likeness (QED) is 0.0882. The molecule has 12 heteroatoms. The first-order valence-corrected chi connectivity index (χ1v) is 15.2. The molecule has 0 bridgehead atoms. The van der Waals surface area contributed by atoms with Crippen LogP contribution in [0.3, 0.4) is 0 Å². The fourth-order valence-corrected chi connectivity index (χ4v) is 5.54. The van der Waals surface area contributed by atoms with Crippen LogP contribution in [0.4, 0.5) is 0 Å². The molecule has 0 unspecified atom stereocenters. The lowest BCUT2D eigenvalue weighted by atomic mass is 10.1. The highest BCUT2D eigenvalue weighted by Gasteiger charge is 2.25. The molecule has 0 spiro atoms. The third-order valence-corrected chi connectivity index (χ3v) is 7.96.